The van der Waals surface area contributed by atoms with Crippen LogP contribution in [0.25, 0.3) is 10.9 Å². The van der Waals surface area contributed by atoms with Gasteiger partial charge in [-0.2, -0.15) is 0 Å². The molecule has 0 saturated carbocycles. The molecule has 1 aromatic heterocycles. The Bertz CT molecular complexity index is 677. The first-order valence-corrected chi connectivity index (χ1v) is 6.87. The van der Waals surface area contributed by atoms with Gasteiger partial charge in [-0.15, -0.1) is 0 Å². The number of aromatic nitrogens is 1. The number of aromatic hydroxyl groups is 1. The summed E-state index contributed by atoms with van der Waals surface area (Å²) >= 11 is 0. The van der Waals surface area contributed by atoms with Crippen molar-refractivity contribution in [3.8, 4) is 11.5 Å². The summed E-state index contributed by atoms with van der Waals surface area (Å²) in [6.45, 7) is 4.92. The highest BCUT2D eigenvalue weighted by atomic mass is 16.5. The van der Waals surface area contributed by atoms with Gasteiger partial charge >= 0.3 is 0 Å². The lowest BCUT2D eigenvalue weighted by atomic mass is 10.1. The second kappa shape index (κ2) is 5.86. The molecule has 108 valence electrons. The van der Waals surface area contributed by atoms with Crippen molar-refractivity contribution in [3.63, 3.8) is 0 Å². The maximum absolute atomic E-state index is 12.3. The Morgan fingerprint density at radius 2 is 2.05 bits per heavy atom. The molecule has 1 heterocycles. The van der Waals surface area contributed by atoms with Crippen LogP contribution in [0, 0.1) is 0 Å². The minimum atomic E-state index is -0.434. The summed E-state index contributed by atoms with van der Waals surface area (Å²) < 4.78 is 7.09. The van der Waals surface area contributed by atoms with Crippen molar-refractivity contribution in [2.45, 2.75) is 33.2 Å². The number of benzene rings is 1. The normalized spacial score (nSPS) is 10.9. The highest BCUT2D eigenvalue weighted by Gasteiger charge is 2.17. The summed E-state index contributed by atoms with van der Waals surface area (Å²) in [6, 6.07) is 5.26. The maximum atomic E-state index is 12.3. The zero-order valence-electron chi connectivity index (χ0n) is 11.8. The summed E-state index contributed by atoms with van der Waals surface area (Å²) in [5.41, 5.74) is 6.65. The van der Waals surface area contributed by atoms with E-state index >= 15 is 0 Å². The first kappa shape index (κ1) is 14.2. The zero-order valence-corrected chi connectivity index (χ0v) is 11.8. The third-order valence-corrected chi connectivity index (χ3v) is 3.12. The molecule has 0 fully saturated rings. The number of aryl methyl sites for hydroxylation is 1. The molecule has 0 unspecified atom stereocenters. The maximum Gasteiger partial charge on any atom is 0.297 e. The van der Waals surface area contributed by atoms with E-state index in [9.17, 15) is 9.90 Å². The number of nitrogens with zero attached hydrogens (tertiary/aromatic N) is 1. The van der Waals surface area contributed by atoms with Crippen LogP contribution in [-0.2, 0) is 6.54 Å². The number of anilines is 1. The molecule has 0 aliphatic heterocycles. The van der Waals surface area contributed by atoms with E-state index in [0.717, 1.165) is 12.8 Å². The molecule has 0 saturated heterocycles. The topological polar surface area (TPSA) is 77.5 Å². The van der Waals surface area contributed by atoms with Gasteiger partial charge in [0.1, 0.15) is 0 Å². The SMILES string of the molecule is CCCOc1c(O)c(=O)n(CCC)c2cc(N)ccc12. The molecular formula is C15H20N2O3. The lowest BCUT2D eigenvalue weighted by Crippen LogP contribution is -2.21. The molecular weight excluding hydrogens is 256 g/mol. The van der Waals surface area contributed by atoms with Gasteiger partial charge in [-0.3, -0.25) is 4.79 Å². The average Bonchev–Trinajstić information content (AvgIpc) is 2.44. The first-order valence-electron chi connectivity index (χ1n) is 6.87. The Balaban J connectivity index is 2.77. The molecule has 5 heteroatoms. The zero-order chi connectivity index (χ0) is 14.7. The van der Waals surface area contributed by atoms with Gasteiger partial charge in [0.05, 0.1) is 12.1 Å². The van der Waals surface area contributed by atoms with E-state index in [-0.39, 0.29) is 11.5 Å². The molecule has 0 radical (unpaired) electrons. The van der Waals surface area contributed by atoms with Crippen LogP contribution in [0.3, 0.4) is 0 Å². The standard InChI is InChI=1S/C15H20N2O3/c1-3-7-17-12-9-10(16)5-6-11(12)14(20-8-4-2)13(18)15(17)19/h5-6,9,18H,3-4,7-8,16H2,1-2H3. The van der Waals surface area contributed by atoms with E-state index in [1.807, 2.05) is 13.8 Å². The Kier molecular flexibility index (Phi) is 4.17. The van der Waals surface area contributed by atoms with Gasteiger partial charge in [-0.1, -0.05) is 13.8 Å². The number of hydrogen-bond acceptors (Lipinski definition) is 4. The van der Waals surface area contributed by atoms with E-state index in [1.54, 1.807) is 22.8 Å². The molecule has 3 N–H and O–H groups in total. The number of rotatable bonds is 5. The van der Waals surface area contributed by atoms with Crippen LogP contribution < -0.4 is 16.0 Å². The van der Waals surface area contributed by atoms with Crippen LogP contribution in [-0.4, -0.2) is 16.3 Å². The molecule has 2 aromatic rings. The van der Waals surface area contributed by atoms with Crippen molar-refractivity contribution >= 4 is 16.6 Å². The van der Waals surface area contributed by atoms with Crippen LogP contribution in [0.5, 0.6) is 11.5 Å². The lowest BCUT2D eigenvalue weighted by Gasteiger charge is -2.15. The number of fused-ring (bicyclic) bond motifs is 1. The van der Waals surface area contributed by atoms with Gasteiger partial charge in [0.2, 0.25) is 5.75 Å². The molecule has 0 aliphatic carbocycles. The number of nitrogen functional groups attached to an aromatic ring is 1. The lowest BCUT2D eigenvalue weighted by molar-refractivity contribution is 0.300. The molecule has 0 bridgehead atoms. The van der Waals surface area contributed by atoms with E-state index in [4.69, 9.17) is 10.5 Å². The minimum Gasteiger partial charge on any atom is -0.500 e. The van der Waals surface area contributed by atoms with Gasteiger partial charge in [0.15, 0.2) is 5.75 Å². The monoisotopic (exact) mass is 276 g/mol. The highest BCUT2D eigenvalue weighted by molar-refractivity contribution is 5.89. The van der Waals surface area contributed by atoms with Crippen LogP contribution in [0.2, 0.25) is 0 Å². The van der Waals surface area contributed by atoms with Gasteiger partial charge in [0, 0.05) is 17.6 Å². The van der Waals surface area contributed by atoms with Crippen molar-refractivity contribution in [2.24, 2.45) is 0 Å². The van der Waals surface area contributed by atoms with E-state index in [2.05, 4.69) is 0 Å². The Hall–Kier alpha value is -2.17. The molecule has 5 nitrogen and oxygen atoms in total. The Morgan fingerprint density at radius 1 is 1.30 bits per heavy atom. The predicted octanol–water partition coefficient (Wildman–Crippen LogP) is 2.49. The number of nitrogens with two attached hydrogens (primary N) is 1. The number of pyridine rings is 1. The van der Waals surface area contributed by atoms with Gasteiger partial charge in [0.25, 0.3) is 5.56 Å². The smallest absolute Gasteiger partial charge is 0.297 e. The number of ether oxygens (including phenoxy) is 1. The quantitative estimate of drug-likeness (QED) is 0.822. The van der Waals surface area contributed by atoms with Gasteiger partial charge in [-0.25, -0.2) is 0 Å². The van der Waals surface area contributed by atoms with Crippen LogP contribution in [0.4, 0.5) is 5.69 Å². The van der Waals surface area contributed by atoms with Crippen LogP contribution in [0.1, 0.15) is 26.7 Å². The fourth-order valence-corrected chi connectivity index (χ4v) is 2.22. The van der Waals surface area contributed by atoms with Crippen LogP contribution >= 0.6 is 0 Å². The van der Waals surface area contributed by atoms with Crippen molar-refractivity contribution < 1.29 is 9.84 Å². The summed E-state index contributed by atoms with van der Waals surface area (Å²) in [4.78, 5) is 12.3. The van der Waals surface area contributed by atoms with Crippen LogP contribution in [0.15, 0.2) is 23.0 Å². The molecule has 0 amide bonds. The molecule has 0 atom stereocenters. The second-order valence-electron chi connectivity index (χ2n) is 4.76. The summed E-state index contributed by atoms with van der Waals surface area (Å²) in [7, 11) is 0. The van der Waals surface area contributed by atoms with Gasteiger partial charge in [-0.05, 0) is 31.0 Å². The Labute approximate surface area is 117 Å². The predicted molar refractivity (Wildman–Crippen MR) is 80.4 cm³/mol. The molecule has 0 aliphatic rings. The third-order valence-electron chi connectivity index (χ3n) is 3.12. The van der Waals surface area contributed by atoms with Crippen molar-refractivity contribution in [2.75, 3.05) is 12.3 Å². The van der Waals surface area contributed by atoms with E-state index < -0.39 is 5.56 Å². The molecule has 0 spiro atoms. The van der Waals surface area contributed by atoms with Crippen molar-refractivity contribution in [3.05, 3.63) is 28.6 Å². The summed E-state index contributed by atoms with van der Waals surface area (Å²) in [5, 5.41) is 10.8. The fraction of sp³-hybridized carbons (Fsp3) is 0.400. The molecule has 1 aromatic carbocycles. The minimum absolute atomic E-state index is 0.249. The van der Waals surface area contributed by atoms with Crippen molar-refractivity contribution in [1.82, 2.24) is 4.57 Å². The highest BCUT2D eigenvalue weighted by Crippen LogP contribution is 2.33. The number of hydrogen-bond donors (Lipinski definition) is 2. The molecule has 20 heavy (non-hydrogen) atoms. The third kappa shape index (κ3) is 2.43. The average molecular weight is 276 g/mol. The fourth-order valence-electron chi connectivity index (χ4n) is 2.22. The van der Waals surface area contributed by atoms with E-state index in [0.29, 0.717) is 29.7 Å². The molecule has 2 rings (SSSR count). The Morgan fingerprint density at radius 3 is 2.70 bits per heavy atom. The first-order chi connectivity index (χ1) is 9.60. The van der Waals surface area contributed by atoms with Crippen molar-refractivity contribution in [1.29, 1.82) is 0 Å². The largest absolute Gasteiger partial charge is 0.500 e. The summed E-state index contributed by atoms with van der Waals surface area (Å²) in [5.74, 6) is -0.0802. The second-order valence-corrected chi connectivity index (χ2v) is 4.76. The van der Waals surface area contributed by atoms with E-state index in [1.165, 1.54) is 0 Å². The summed E-state index contributed by atoms with van der Waals surface area (Å²) in [6.07, 6.45) is 1.59. The van der Waals surface area contributed by atoms with Gasteiger partial charge < -0.3 is 20.1 Å².